The molecule has 2 saturated heterocycles. The molecule has 7 heteroatoms. The van der Waals surface area contributed by atoms with Gasteiger partial charge in [-0.3, -0.25) is 9.59 Å². The third-order valence-corrected chi connectivity index (χ3v) is 7.64. The van der Waals surface area contributed by atoms with E-state index in [0.29, 0.717) is 50.6 Å². The lowest BCUT2D eigenvalue weighted by molar-refractivity contribution is -0.145. The summed E-state index contributed by atoms with van der Waals surface area (Å²) in [7, 11) is 0. The van der Waals surface area contributed by atoms with Gasteiger partial charge in [0.1, 0.15) is 11.6 Å². The van der Waals surface area contributed by atoms with Crippen LogP contribution in [-0.4, -0.2) is 71.8 Å². The van der Waals surface area contributed by atoms with Gasteiger partial charge in [-0.05, 0) is 49.1 Å². The minimum absolute atomic E-state index is 0.0290. The molecule has 1 saturated carbocycles. The second-order valence-electron chi connectivity index (χ2n) is 11.8. The van der Waals surface area contributed by atoms with Crippen molar-refractivity contribution in [3.05, 3.63) is 35.4 Å². The van der Waals surface area contributed by atoms with Crippen molar-refractivity contribution >= 4 is 11.8 Å². The fraction of sp³-hybridized carbons (Fsp3) is 0.704. The van der Waals surface area contributed by atoms with Gasteiger partial charge in [-0.15, -0.1) is 0 Å². The number of carbonyl (C=O) groups is 2. The molecular formula is C27H39F2N3O2. The van der Waals surface area contributed by atoms with Gasteiger partial charge in [0.25, 0.3) is 0 Å². The molecule has 3 aliphatic rings. The summed E-state index contributed by atoms with van der Waals surface area (Å²) < 4.78 is 28.3. The molecule has 188 valence electrons. The summed E-state index contributed by atoms with van der Waals surface area (Å²) in [6.07, 6.45) is 3.79. The van der Waals surface area contributed by atoms with Crippen LogP contribution < -0.4 is 0 Å². The third kappa shape index (κ3) is 5.96. The van der Waals surface area contributed by atoms with Crippen molar-refractivity contribution < 1.29 is 18.4 Å². The maximum absolute atomic E-state index is 14.7. The van der Waals surface area contributed by atoms with Gasteiger partial charge in [0.2, 0.25) is 11.8 Å². The number of nitrogens with zero attached hydrogens (tertiary/aromatic N) is 3. The fourth-order valence-corrected chi connectivity index (χ4v) is 5.43. The molecule has 0 radical (unpaired) electrons. The molecule has 2 aliphatic heterocycles. The molecule has 2 heterocycles. The van der Waals surface area contributed by atoms with Crippen LogP contribution >= 0.6 is 0 Å². The highest BCUT2D eigenvalue weighted by Crippen LogP contribution is 2.39. The molecule has 0 bridgehead atoms. The van der Waals surface area contributed by atoms with Gasteiger partial charge in [0.15, 0.2) is 0 Å². The Labute approximate surface area is 202 Å². The highest BCUT2D eigenvalue weighted by molar-refractivity contribution is 5.82. The van der Waals surface area contributed by atoms with E-state index in [1.54, 1.807) is 0 Å². The van der Waals surface area contributed by atoms with Crippen molar-refractivity contribution in [1.82, 2.24) is 14.7 Å². The van der Waals surface area contributed by atoms with Gasteiger partial charge in [-0.25, -0.2) is 8.78 Å². The summed E-state index contributed by atoms with van der Waals surface area (Å²) in [5.74, 6) is -0.960. The van der Waals surface area contributed by atoms with Gasteiger partial charge in [-0.2, -0.15) is 0 Å². The summed E-state index contributed by atoms with van der Waals surface area (Å²) in [4.78, 5) is 32.5. The van der Waals surface area contributed by atoms with Crippen molar-refractivity contribution in [2.45, 2.75) is 65.3 Å². The second-order valence-corrected chi connectivity index (χ2v) is 11.8. The van der Waals surface area contributed by atoms with E-state index < -0.39 is 11.6 Å². The van der Waals surface area contributed by atoms with Crippen LogP contribution in [0, 0.1) is 28.9 Å². The standard InChI is InChI=1S/C27H39F2N3O2/c1-18-14-31(25(33)9-10-27(2,3)4)11-12-32(18)26(34)23-17-30(15-19-5-6-19)16-22(23)21-8-7-20(28)13-24(21)29/h7-8,13,18-19,22-23H,5-6,9-12,14-17H2,1-4H3/t18-,22-,23+/m0/s1. The molecule has 1 aliphatic carbocycles. The third-order valence-electron chi connectivity index (χ3n) is 7.64. The van der Waals surface area contributed by atoms with Crippen molar-refractivity contribution in [1.29, 1.82) is 0 Å². The lowest BCUT2D eigenvalue weighted by Crippen LogP contribution is -2.57. The smallest absolute Gasteiger partial charge is 0.228 e. The minimum Gasteiger partial charge on any atom is -0.339 e. The molecule has 0 spiro atoms. The summed E-state index contributed by atoms with van der Waals surface area (Å²) >= 11 is 0. The average Bonchev–Trinajstić information content (AvgIpc) is 3.48. The molecule has 4 rings (SSSR count). The van der Waals surface area contributed by atoms with Gasteiger partial charge in [0.05, 0.1) is 5.92 Å². The first-order valence-corrected chi connectivity index (χ1v) is 12.8. The number of likely N-dealkylation sites (tertiary alicyclic amines) is 1. The highest BCUT2D eigenvalue weighted by atomic mass is 19.1. The summed E-state index contributed by atoms with van der Waals surface area (Å²) in [6.45, 7) is 12.1. The Bertz CT molecular complexity index is 912. The van der Waals surface area contributed by atoms with E-state index in [9.17, 15) is 18.4 Å². The number of hydrogen-bond acceptors (Lipinski definition) is 3. The summed E-state index contributed by atoms with van der Waals surface area (Å²) in [5, 5.41) is 0. The Morgan fingerprint density at radius 1 is 1.06 bits per heavy atom. The molecule has 2 amide bonds. The molecule has 3 atom stereocenters. The number of halogens is 2. The average molecular weight is 476 g/mol. The van der Waals surface area contributed by atoms with Crippen LogP contribution in [0.15, 0.2) is 18.2 Å². The van der Waals surface area contributed by atoms with Gasteiger partial charge >= 0.3 is 0 Å². The number of amides is 2. The van der Waals surface area contributed by atoms with E-state index in [-0.39, 0.29) is 35.1 Å². The number of hydrogen-bond donors (Lipinski definition) is 0. The fourth-order valence-electron chi connectivity index (χ4n) is 5.43. The van der Waals surface area contributed by atoms with E-state index in [1.807, 2.05) is 16.7 Å². The lowest BCUT2D eigenvalue weighted by Gasteiger charge is -2.41. The van der Waals surface area contributed by atoms with Gasteiger partial charge in [0, 0.05) is 63.7 Å². The molecule has 0 N–H and O–H groups in total. The zero-order chi connectivity index (χ0) is 24.6. The van der Waals surface area contributed by atoms with Crippen molar-refractivity contribution in [3.63, 3.8) is 0 Å². The Hall–Kier alpha value is -2.02. The molecule has 3 fully saturated rings. The van der Waals surface area contributed by atoms with Crippen LogP contribution in [0.2, 0.25) is 0 Å². The van der Waals surface area contributed by atoms with E-state index in [0.717, 1.165) is 19.0 Å². The minimum atomic E-state index is -0.599. The van der Waals surface area contributed by atoms with Gasteiger partial charge in [-0.1, -0.05) is 26.8 Å². The molecule has 0 aromatic heterocycles. The van der Waals surface area contributed by atoms with Crippen molar-refractivity contribution in [2.75, 3.05) is 39.3 Å². The topological polar surface area (TPSA) is 43.9 Å². The van der Waals surface area contributed by atoms with Crippen LogP contribution in [0.3, 0.4) is 0 Å². The zero-order valence-electron chi connectivity index (χ0n) is 21.0. The molecule has 5 nitrogen and oxygen atoms in total. The largest absolute Gasteiger partial charge is 0.339 e. The Kier molecular flexibility index (Phi) is 7.32. The van der Waals surface area contributed by atoms with E-state index in [2.05, 4.69) is 25.7 Å². The molecule has 1 aromatic carbocycles. The Balaban J connectivity index is 1.44. The maximum Gasteiger partial charge on any atom is 0.228 e. The van der Waals surface area contributed by atoms with E-state index in [4.69, 9.17) is 0 Å². The number of rotatable bonds is 6. The first-order chi connectivity index (χ1) is 16.0. The van der Waals surface area contributed by atoms with Crippen molar-refractivity contribution in [3.8, 4) is 0 Å². The number of benzene rings is 1. The van der Waals surface area contributed by atoms with Crippen molar-refractivity contribution in [2.24, 2.45) is 17.3 Å². The quantitative estimate of drug-likeness (QED) is 0.617. The first-order valence-electron chi connectivity index (χ1n) is 12.8. The van der Waals surface area contributed by atoms with Crippen LogP contribution in [0.1, 0.15) is 64.9 Å². The van der Waals surface area contributed by atoms with E-state index in [1.165, 1.54) is 25.0 Å². The molecule has 1 aromatic rings. The van der Waals surface area contributed by atoms with Crippen LogP contribution in [0.4, 0.5) is 8.78 Å². The normalized spacial score (nSPS) is 26.2. The second kappa shape index (κ2) is 9.92. The molecular weight excluding hydrogens is 436 g/mol. The summed E-state index contributed by atoms with van der Waals surface area (Å²) in [5.41, 5.74) is 0.542. The number of piperazine rings is 1. The zero-order valence-corrected chi connectivity index (χ0v) is 21.0. The van der Waals surface area contributed by atoms with Crippen LogP contribution in [0.25, 0.3) is 0 Å². The highest BCUT2D eigenvalue weighted by Gasteiger charge is 2.44. The predicted molar refractivity (Wildman–Crippen MR) is 128 cm³/mol. The predicted octanol–water partition coefficient (Wildman–Crippen LogP) is 4.28. The van der Waals surface area contributed by atoms with Crippen LogP contribution in [0.5, 0.6) is 0 Å². The molecule has 34 heavy (non-hydrogen) atoms. The Morgan fingerprint density at radius 3 is 2.41 bits per heavy atom. The first kappa shape index (κ1) is 25.1. The maximum atomic E-state index is 14.7. The molecule has 0 unspecified atom stereocenters. The SMILES string of the molecule is C[C@H]1CN(C(=O)CCC(C)(C)C)CCN1C(=O)[C@@H]1CN(CC2CC2)C[C@H]1c1ccc(F)cc1F. The summed E-state index contributed by atoms with van der Waals surface area (Å²) in [6, 6.07) is 3.63. The van der Waals surface area contributed by atoms with Gasteiger partial charge < -0.3 is 14.7 Å². The Morgan fingerprint density at radius 2 is 1.79 bits per heavy atom. The van der Waals surface area contributed by atoms with Crippen LogP contribution in [-0.2, 0) is 9.59 Å². The monoisotopic (exact) mass is 475 g/mol. The lowest BCUT2D eigenvalue weighted by atomic mass is 9.87. The number of carbonyl (C=O) groups excluding carboxylic acids is 2. The van der Waals surface area contributed by atoms with E-state index >= 15 is 0 Å².